The molecule has 0 saturated carbocycles. The molecule has 1 aromatic heterocycles. The third kappa shape index (κ3) is 1.31. The summed E-state index contributed by atoms with van der Waals surface area (Å²) in [6, 6.07) is 5.07. The average molecular weight is 190 g/mol. The number of nitrogen functional groups attached to an aromatic ring is 1. The monoisotopic (exact) mass is 190 g/mol. The van der Waals surface area contributed by atoms with Gasteiger partial charge < -0.3 is 5.73 Å². The molecule has 2 nitrogen and oxygen atoms in total. The van der Waals surface area contributed by atoms with Gasteiger partial charge in [0.2, 0.25) is 0 Å². The maximum atomic E-state index is 13.5. The predicted octanol–water partition coefficient (Wildman–Crippen LogP) is 2.57. The molecule has 0 unspecified atom stereocenters. The molecule has 0 radical (unpaired) electrons. The van der Waals surface area contributed by atoms with Crippen molar-refractivity contribution in [1.29, 1.82) is 0 Å². The molecular formula is C11H11FN2. The molecule has 1 heterocycles. The maximum Gasteiger partial charge on any atom is 0.149 e. The van der Waals surface area contributed by atoms with Crippen LogP contribution < -0.4 is 5.73 Å². The van der Waals surface area contributed by atoms with E-state index < -0.39 is 0 Å². The van der Waals surface area contributed by atoms with E-state index in [9.17, 15) is 4.39 Å². The Morgan fingerprint density at radius 1 is 1.21 bits per heavy atom. The summed E-state index contributed by atoms with van der Waals surface area (Å²) in [5, 5.41) is 0.688. The SMILES string of the molecule is Cc1cc(F)c2nc(C)cc(N)c2c1. The van der Waals surface area contributed by atoms with Gasteiger partial charge in [-0.05, 0) is 37.6 Å². The first-order valence-electron chi connectivity index (χ1n) is 4.41. The molecule has 0 aliphatic carbocycles. The van der Waals surface area contributed by atoms with E-state index in [1.165, 1.54) is 6.07 Å². The van der Waals surface area contributed by atoms with Crippen LogP contribution in [0, 0.1) is 19.7 Å². The van der Waals surface area contributed by atoms with Crippen molar-refractivity contribution in [2.45, 2.75) is 13.8 Å². The first-order valence-corrected chi connectivity index (χ1v) is 4.41. The highest BCUT2D eigenvalue weighted by molar-refractivity contribution is 5.91. The van der Waals surface area contributed by atoms with Crippen molar-refractivity contribution in [3.8, 4) is 0 Å². The molecule has 0 aliphatic heterocycles. The Bertz CT molecular complexity index is 459. The number of nitrogens with two attached hydrogens (primary N) is 1. The fraction of sp³-hybridized carbons (Fsp3) is 0.182. The molecule has 2 rings (SSSR count). The van der Waals surface area contributed by atoms with Gasteiger partial charge >= 0.3 is 0 Å². The van der Waals surface area contributed by atoms with Gasteiger partial charge in [0.25, 0.3) is 0 Å². The van der Waals surface area contributed by atoms with E-state index in [1.54, 1.807) is 13.0 Å². The van der Waals surface area contributed by atoms with Crippen molar-refractivity contribution in [2.24, 2.45) is 0 Å². The van der Waals surface area contributed by atoms with Crippen LogP contribution in [0.1, 0.15) is 11.3 Å². The highest BCUT2D eigenvalue weighted by Crippen LogP contribution is 2.24. The zero-order valence-corrected chi connectivity index (χ0v) is 8.13. The number of hydrogen-bond donors (Lipinski definition) is 1. The summed E-state index contributed by atoms with van der Waals surface area (Å²) in [5.74, 6) is -0.310. The summed E-state index contributed by atoms with van der Waals surface area (Å²) in [5.41, 5.74) is 8.31. The van der Waals surface area contributed by atoms with Gasteiger partial charge in [0, 0.05) is 16.8 Å². The highest BCUT2D eigenvalue weighted by atomic mass is 19.1. The fourth-order valence-corrected chi connectivity index (χ4v) is 1.58. The van der Waals surface area contributed by atoms with Crippen molar-refractivity contribution in [3.63, 3.8) is 0 Å². The first-order chi connectivity index (χ1) is 6.58. The Kier molecular flexibility index (Phi) is 1.88. The van der Waals surface area contributed by atoms with E-state index in [4.69, 9.17) is 5.73 Å². The first kappa shape index (κ1) is 8.94. The minimum Gasteiger partial charge on any atom is -0.398 e. The molecule has 14 heavy (non-hydrogen) atoms. The normalized spacial score (nSPS) is 10.8. The van der Waals surface area contributed by atoms with Crippen molar-refractivity contribution in [3.05, 3.63) is 35.3 Å². The third-order valence-corrected chi connectivity index (χ3v) is 2.17. The van der Waals surface area contributed by atoms with E-state index in [-0.39, 0.29) is 5.82 Å². The number of benzene rings is 1. The van der Waals surface area contributed by atoms with E-state index in [0.717, 1.165) is 11.3 Å². The molecule has 0 fully saturated rings. The smallest absolute Gasteiger partial charge is 0.149 e. The van der Waals surface area contributed by atoms with Crippen molar-refractivity contribution < 1.29 is 4.39 Å². The van der Waals surface area contributed by atoms with Gasteiger partial charge in [-0.2, -0.15) is 0 Å². The molecule has 0 atom stereocenters. The van der Waals surface area contributed by atoms with Gasteiger partial charge in [0.15, 0.2) is 0 Å². The molecule has 0 saturated heterocycles. The van der Waals surface area contributed by atoms with Crippen LogP contribution in [0.4, 0.5) is 10.1 Å². The van der Waals surface area contributed by atoms with E-state index in [1.807, 2.05) is 13.0 Å². The largest absolute Gasteiger partial charge is 0.398 e. The highest BCUT2D eigenvalue weighted by Gasteiger charge is 2.06. The van der Waals surface area contributed by atoms with Crippen molar-refractivity contribution in [1.82, 2.24) is 4.98 Å². The Labute approximate surface area is 81.6 Å². The quantitative estimate of drug-likeness (QED) is 0.693. The van der Waals surface area contributed by atoms with E-state index >= 15 is 0 Å². The summed E-state index contributed by atoms with van der Waals surface area (Å²) in [4.78, 5) is 4.12. The lowest BCUT2D eigenvalue weighted by molar-refractivity contribution is 0.635. The van der Waals surface area contributed by atoms with Gasteiger partial charge in [-0.3, -0.25) is 0 Å². The summed E-state index contributed by atoms with van der Waals surface area (Å²) < 4.78 is 13.5. The molecule has 0 spiro atoms. The number of rotatable bonds is 0. The van der Waals surface area contributed by atoms with Crippen LogP contribution >= 0.6 is 0 Å². The van der Waals surface area contributed by atoms with Crippen LogP contribution in [-0.4, -0.2) is 4.98 Å². The molecule has 0 bridgehead atoms. The minimum absolute atomic E-state index is 0.310. The molecule has 72 valence electrons. The fourth-order valence-electron chi connectivity index (χ4n) is 1.58. The van der Waals surface area contributed by atoms with Crippen LogP contribution in [0.2, 0.25) is 0 Å². The second kappa shape index (κ2) is 2.94. The number of anilines is 1. The van der Waals surface area contributed by atoms with E-state index in [2.05, 4.69) is 4.98 Å². The Morgan fingerprint density at radius 3 is 2.64 bits per heavy atom. The number of aryl methyl sites for hydroxylation is 2. The molecule has 3 heteroatoms. The topological polar surface area (TPSA) is 38.9 Å². The molecular weight excluding hydrogens is 179 g/mol. The maximum absolute atomic E-state index is 13.5. The Balaban J connectivity index is 2.94. The number of fused-ring (bicyclic) bond motifs is 1. The third-order valence-electron chi connectivity index (χ3n) is 2.17. The molecule has 2 aromatic rings. The zero-order chi connectivity index (χ0) is 10.3. The lowest BCUT2D eigenvalue weighted by atomic mass is 10.1. The lowest BCUT2D eigenvalue weighted by Gasteiger charge is -2.05. The second-order valence-electron chi connectivity index (χ2n) is 3.50. The Hall–Kier alpha value is -1.64. The summed E-state index contributed by atoms with van der Waals surface area (Å²) in [6.45, 7) is 3.64. The van der Waals surface area contributed by atoms with Crippen molar-refractivity contribution >= 4 is 16.6 Å². The minimum atomic E-state index is -0.310. The standard InChI is InChI=1S/C11H11FN2/c1-6-3-8-10(13)5-7(2)14-11(8)9(12)4-6/h3-5H,1-2H3,(H2,13,14). The van der Waals surface area contributed by atoms with Gasteiger partial charge in [-0.15, -0.1) is 0 Å². The Morgan fingerprint density at radius 2 is 1.93 bits per heavy atom. The van der Waals surface area contributed by atoms with Crippen LogP contribution in [0.3, 0.4) is 0 Å². The zero-order valence-electron chi connectivity index (χ0n) is 8.13. The van der Waals surface area contributed by atoms with Crippen LogP contribution in [0.5, 0.6) is 0 Å². The average Bonchev–Trinajstić information content (AvgIpc) is 2.07. The number of hydrogen-bond acceptors (Lipinski definition) is 2. The summed E-state index contributed by atoms with van der Waals surface area (Å²) >= 11 is 0. The van der Waals surface area contributed by atoms with Gasteiger partial charge in [-0.25, -0.2) is 9.37 Å². The molecule has 1 aromatic carbocycles. The van der Waals surface area contributed by atoms with Crippen molar-refractivity contribution in [2.75, 3.05) is 5.73 Å². The number of pyridine rings is 1. The number of halogens is 1. The van der Waals surface area contributed by atoms with E-state index in [0.29, 0.717) is 16.6 Å². The second-order valence-corrected chi connectivity index (χ2v) is 3.50. The molecule has 0 amide bonds. The lowest BCUT2D eigenvalue weighted by Crippen LogP contribution is -1.95. The number of aromatic nitrogens is 1. The van der Waals surface area contributed by atoms with Gasteiger partial charge in [-0.1, -0.05) is 0 Å². The van der Waals surface area contributed by atoms with Crippen LogP contribution in [-0.2, 0) is 0 Å². The summed E-state index contributed by atoms with van der Waals surface area (Å²) in [6.07, 6.45) is 0. The molecule has 0 aliphatic rings. The predicted molar refractivity (Wildman–Crippen MR) is 55.6 cm³/mol. The van der Waals surface area contributed by atoms with Gasteiger partial charge in [0.05, 0.1) is 0 Å². The summed E-state index contributed by atoms with van der Waals surface area (Å²) in [7, 11) is 0. The van der Waals surface area contributed by atoms with Crippen LogP contribution in [0.25, 0.3) is 10.9 Å². The van der Waals surface area contributed by atoms with Gasteiger partial charge in [0.1, 0.15) is 11.3 Å². The molecule has 2 N–H and O–H groups in total. The van der Waals surface area contributed by atoms with Crippen LogP contribution in [0.15, 0.2) is 18.2 Å². The number of nitrogens with zero attached hydrogens (tertiary/aromatic N) is 1.